The van der Waals surface area contributed by atoms with Crippen molar-refractivity contribution in [1.82, 2.24) is 15.0 Å². The second-order valence-corrected chi connectivity index (χ2v) is 7.23. The molecule has 6 heteroatoms. The molecule has 4 rings (SSSR count). The van der Waals surface area contributed by atoms with Crippen LogP contribution in [0.1, 0.15) is 37.6 Å². The standard InChI is InChI=1S/C21H26N4O2/c1-2-18-24-19-20(22-14-23-21(19)27-18)25-12-10-16(11-13-25)17(26)9-8-15-6-4-3-5-7-15/h3-7,14,16-17,26H,2,8-13H2,1H3. The van der Waals surface area contributed by atoms with Crippen LogP contribution in [0.25, 0.3) is 11.2 Å². The molecule has 3 aromatic rings. The molecule has 1 unspecified atom stereocenters. The highest BCUT2D eigenvalue weighted by Crippen LogP contribution is 2.29. The summed E-state index contributed by atoms with van der Waals surface area (Å²) in [5, 5.41) is 10.6. The molecular formula is C21H26N4O2. The number of piperidine rings is 1. The van der Waals surface area contributed by atoms with Crippen LogP contribution in [0.15, 0.2) is 41.1 Å². The Labute approximate surface area is 159 Å². The van der Waals surface area contributed by atoms with Crippen molar-refractivity contribution >= 4 is 17.0 Å². The van der Waals surface area contributed by atoms with Crippen LogP contribution in [0, 0.1) is 5.92 Å². The third-order valence-corrected chi connectivity index (χ3v) is 5.48. The van der Waals surface area contributed by atoms with Crippen molar-refractivity contribution in [3.63, 3.8) is 0 Å². The van der Waals surface area contributed by atoms with Gasteiger partial charge in [0.25, 0.3) is 5.71 Å². The van der Waals surface area contributed by atoms with Gasteiger partial charge in [-0.1, -0.05) is 37.3 Å². The summed E-state index contributed by atoms with van der Waals surface area (Å²) in [6.07, 6.45) is 5.69. The molecule has 1 aliphatic rings. The lowest BCUT2D eigenvalue weighted by Crippen LogP contribution is -2.38. The molecule has 142 valence electrons. The van der Waals surface area contributed by atoms with Crippen LogP contribution >= 0.6 is 0 Å². The van der Waals surface area contributed by atoms with Crippen LogP contribution in [0.5, 0.6) is 0 Å². The van der Waals surface area contributed by atoms with E-state index in [0.717, 1.165) is 56.5 Å². The quantitative estimate of drug-likeness (QED) is 0.721. The van der Waals surface area contributed by atoms with E-state index in [1.54, 1.807) is 6.33 Å². The molecule has 0 spiro atoms. The van der Waals surface area contributed by atoms with Crippen LogP contribution in [0.3, 0.4) is 0 Å². The average molecular weight is 366 g/mol. The molecule has 0 aliphatic carbocycles. The minimum absolute atomic E-state index is 0.253. The van der Waals surface area contributed by atoms with Crippen molar-refractivity contribution in [1.29, 1.82) is 0 Å². The van der Waals surface area contributed by atoms with Crippen LogP contribution in [0.4, 0.5) is 5.82 Å². The van der Waals surface area contributed by atoms with E-state index >= 15 is 0 Å². The molecule has 1 aliphatic heterocycles. The number of aliphatic hydroxyl groups is 1. The lowest BCUT2D eigenvalue weighted by atomic mass is 9.88. The summed E-state index contributed by atoms with van der Waals surface area (Å²) in [6, 6.07) is 10.4. The van der Waals surface area contributed by atoms with Crippen molar-refractivity contribution in [2.45, 2.75) is 45.1 Å². The number of benzene rings is 1. The molecule has 1 aromatic carbocycles. The number of rotatable bonds is 6. The van der Waals surface area contributed by atoms with Gasteiger partial charge in [0, 0.05) is 19.5 Å². The molecule has 0 bridgehead atoms. The SMILES string of the molecule is CCc1nc2c(N3CCC(C(O)CCc4ccccc4)CC3)ncnc2o1. The van der Waals surface area contributed by atoms with Gasteiger partial charge in [-0.15, -0.1) is 0 Å². The number of hydrogen-bond acceptors (Lipinski definition) is 6. The van der Waals surface area contributed by atoms with Gasteiger partial charge in [-0.3, -0.25) is 0 Å². The summed E-state index contributed by atoms with van der Waals surface area (Å²) >= 11 is 0. The zero-order valence-corrected chi connectivity index (χ0v) is 15.7. The van der Waals surface area contributed by atoms with Gasteiger partial charge < -0.3 is 14.4 Å². The first kappa shape index (κ1) is 17.9. The highest BCUT2D eigenvalue weighted by atomic mass is 16.4. The maximum absolute atomic E-state index is 10.6. The number of aliphatic hydroxyl groups excluding tert-OH is 1. The number of hydrogen-bond donors (Lipinski definition) is 1. The zero-order valence-electron chi connectivity index (χ0n) is 15.7. The number of aryl methyl sites for hydroxylation is 2. The molecular weight excluding hydrogens is 340 g/mol. The summed E-state index contributed by atoms with van der Waals surface area (Å²) < 4.78 is 5.65. The molecule has 1 saturated heterocycles. The predicted octanol–water partition coefficient (Wildman–Crippen LogP) is 3.39. The fraction of sp³-hybridized carbons (Fsp3) is 0.476. The van der Waals surface area contributed by atoms with Gasteiger partial charge in [-0.05, 0) is 37.2 Å². The molecule has 1 N–H and O–H groups in total. The summed E-state index contributed by atoms with van der Waals surface area (Å²) in [6.45, 7) is 3.75. The first-order chi connectivity index (χ1) is 13.2. The van der Waals surface area contributed by atoms with E-state index in [4.69, 9.17) is 4.42 Å². The van der Waals surface area contributed by atoms with Gasteiger partial charge in [0.1, 0.15) is 6.33 Å². The number of nitrogens with zero attached hydrogens (tertiary/aromatic N) is 4. The van der Waals surface area contributed by atoms with Crippen LogP contribution < -0.4 is 4.90 Å². The number of anilines is 1. The molecule has 27 heavy (non-hydrogen) atoms. The Morgan fingerprint density at radius 3 is 2.70 bits per heavy atom. The molecule has 0 amide bonds. The first-order valence-corrected chi connectivity index (χ1v) is 9.82. The fourth-order valence-corrected chi connectivity index (χ4v) is 3.86. The smallest absolute Gasteiger partial charge is 0.252 e. The summed E-state index contributed by atoms with van der Waals surface area (Å²) in [7, 11) is 0. The third-order valence-electron chi connectivity index (χ3n) is 5.48. The maximum Gasteiger partial charge on any atom is 0.252 e. The van der Waals surface area contributed by atoms with Crippen LogP contribution in [0.2, 0.25) is 0 Å². The van der Waals surface area contributed by atoms with Gasteiger partial charge in [0.15, 0.2) is 17.2 Å². The van der Waals surface area contributed by atoms with Crippen molar-refractivity contribution < 1.29 is 9.52 Å². The van der Waals surface area contributed by atoms with Gasteiger partial charge in [-0.25, -0.2) is 9.97 Å². The topological polar surface area (TPSA) is 75.3 Å². The second-order valence-electron chi connectivity index (χ2n) is 7.23. The van der Waals surface area contributed by atoms with Gasteiger partial charge in [-0.2, -0.15) is 4.98 Å². The Balaban J connectivity index is 1.37. The molecule has 1 fully saturated rings. The molecule has 2 aromatic heterocycles. The Morgan fingerprint density at radius 1 is 1.19 bits per heavy atom. The Bertz CT molecular complexity index is 872. The number of oxazole rings is 1. The molecule has 1 atom stereocenters. The summed E-state index contributed by atoms with van der Waals surface area (Å²) in [5.74, 6) is 1.88. The van der Waals surface area contributed by atoms with Crippen LogP contribution in [-0.2, 0) is 12.8 Å². The summed E-state index contributed by atoms with van der Waals surface area (Å²) in [5.41, 5.74) is 2.59. The Morgan fingerprint density at radius 2 is 1.96 bits per heavy atom. The molecule has 3 heterocycles. The highest BCUT2D eigenvalue weighted by Gasteiger charge is 2.27. The van der Waals surface area contributed by atoms with Gasteiger partial charge in [0.05, 0.1) is 6.10 Å². The fourth-order valence-electron chi connectivity index (χ4n) is 3.86. The normalized spacial score (nSPS) is 16.7. The van der Waals surface area contributed by atoms with E-state index < -0.39 is 0 Å². The van der Waals surface area contributed by atoms with Crippen molar-refractivity contribution in [3.05, 3.63) is 48.1 Å². The summed E-state index contributed by atoms with van der Waals surface area (Å²) in [4.78, 5) is 15.4. The van der Waals surface area contributed by atoms with Gasteiger partial charge >= 0.3 is 0 Å². The van der Waals surface area contributed by atoms with E-state index in [1.165, 1.54) is 5.56 Å². The zero-order chi connectivity index (χ0) is 18.6. The molecule has 0 saturated carbocycles. The first-order valence-electron chi connectivity index (χ1n) is 9.82. The van der Waals surface area contributed by atoms with Crippen molar-refractivity contribution in [2.24, 2.45) is 5.92 Å². The minimum Gasteiger partial charge on any atom is -0.422 e. The predicted molar refractivity (Wildman–Crippen MR) is 105 cm³/mol. The minimum atomic E-state index is -0.253. The lowest BCUT2D eigenvalue weighted by molar-refractivity contribution is 0.0850. The van der Waals surface area contributed by atoms with E-state index in [-0.39, 0.29) is 6.10 Å². The van der Waals surface area contributed by atoms with Crippen molar-refractivity contribution in [3.8, 4) is 0 Å². The van der Waals surface area contributed by atoms with E-state index in [0.29, 0.717) is 17.5 Å². The van der Waals surface area contributed by atoms with E-state index in [9.17, 15) is 5.11 Å². The molecule has 6 nitrogen and oxygen atoms in total. The third kappa shape index (κ3) is 3.95. The van der Waals surface area contributed by atoms with Crippen LogP contribution in [-0.4, -0.2) is 39.3 Å². The second kappa shape index (κ2) is 8.05. The Hall–Kier alpha value is -2.47. The maximum atomic E-state index is 10.6. The largest absolute Gasteiger partial charge is 0.422 e. The number of aromatic nitrogens is 3. The number of fused-ring (bicyclic) bond motifs is 1. The highest BCUT2D eigenvalue weighted by molar-refractivity contribution is 5.81. The monoisotopic (exact) mass is 366 g/mol. The molecule has 0 radical (unpaired) electrons. The average Bonchev–Trinajstić information content (AvgIpc) is 3.16. The van der Waals surface area contributed by atoms with E-state index in [1.807, 2.05) is 13.0 Å². The Kier molecular flexibility index (Phi) is 5.34. The lowest BCUT2D eigenvalue weighted by Gasteiger charge is -2.34. The van der Waals surface area contributed by atoms with E-state index in [2.05, 4.69) is 44.1 Å². The van der Waals surface area contributed by atoms with Crippen molar-refractivity contribution in [2.75, 3.05) is 18.0 Å². The van der Waals surface area contributed by atoms with Gasteiger partial charge in [0.2, 0.25) is 0 Å².